The Kier molecular flexibility index (Phi) is 4.18. The van der Waals surface area contributed by atoms with E-state index in [9.17, 15) is 8.42 Å². The Bertz CT molecular complexity index is 648. The molecule has 0 radical (unpaired) electrons. The van der Waals surface area contributed by atoms with Crippen molar-refractivity contribution in [3.63, 3.8) is 0 Å². The number of hydrogen-bond acceptors (Lipinski definition) is 5. The van der Waals surface area contributed by atoms with Crippen molar-refractivity contribution in [2.24, 2.45) is 5.73 Å². The lowest BCUT2D eigenvalue weighted by Gasteiger charge is -2.05. The Hall–Kier alpha value is -1.44. The molecule has 1 aromatic carbocycles. The molecule has 0 atom stereocenters. The van der Waals surface area contributed by atoms with Crippen molar-refractivity contribution in [3.05, 3.63) is 46.5 Å². The molecule has 102 valence electrons. The van der Waals surface area contributed by atoms with Crippen molar-refractivity contribution in [1.82, 2.24) is 4.98 Å². The van der Waals surface area contributed by atoms with E-state index >= 15 is 0 Å². The van der Waals surface area contributed by atoms with Gasteiger partial charge in [-0.15, -0.1) is 11.3 Å². The fraction of sp³-hybridized carbons (Fsp3) is 0.250. The molecular weight excluding hydrogens is 282 g/mol. The highest BCUT2D eigenvalue weighted by Crippen LogP contribution is 2.19. The first-order valence-corrected chi connectivity index (χ1v) is 8.16. The molecule has 3 N–H and O–H groups in total. The number of nitrogens with two attached hydrogens (primary N) is 1. The molecule has 2 rings (SSSR count). The number of hydrogen-bond donors (Lipinski definition) is 2. The van der Waals surface area contributed by atoms with Gasteiger partial charge in [0.2, 0.25) is 10.0 Å². The zero-order valence-corrected chi connectivity index (χ0v) is 12.1. The quantitative estimate of drug-likeness (QED) is 0.882. The van der Waals surface area contributed by atoms with Crippen LogP contribution in [0.1, 0.15) is 16.0 Å². The van der Waals surface area contributed by atoms with Crippen LogP contribution in [0.3, 0.4) is 0 Å². The van der Waals surface area contributed by atoms with Gasteiger partial charge in [0.1, 0.15) is 0 Å². The Morgan fingerprint density at radius 2 is 1.89 bits per heavy atom. The van der Waals surface area contributed by atoms with Gasteiger partial charge >= 0.3 is 0 Å². The molecule has 7 heteroatoms. The lowest BCUT2D eigenvalue weighted by molar-refractivity contribution is 0.600. The number of nitrogens with zero attached hydrogens (tertiary/aromatic N) is 1. The molecule has 0 saturated heterocycles. The third-order valence-electron chi connectivity index (χ3n) is 2.48. The maximum absolute atomic E-state index is 12.0. The van der Waals surface area contributed by atoms with Gasteiger partial charge in [-0.25, -0.2) is 13.4 Å². The van der Waals surface area contributed by atoms with Crippen molar-refractivity contribution in [3.8, 4) is 0 Å². The summed E-state index contributed by atoms with van der Waals surface area (Å²) in [6.45, 7) is 2.32. The van der Waals surface area contributed by atoms with E-state index < -0.39 is 10.0 Å². The van der Waals surface area contributed by atoms with Crippen LogP contribution in [-0.4, -0.2) is 13.4 Å². The third-order valence-corrected chi connectivity index (χ3v) is 4.65. The minimum absolute atomic E-state index is 0.0729. The van der Waals surface area contributed by atoms with Crippen LogP contribution in [0.4, 0.5) is 5.13 Å². The lowest BCUT2D eigenvalue weighted by Crippen LogP contribution is -2.14. The second-order valence-corrected chi connectivity index (χ2v) is 7.11. The fourth-order valence-electron chi connectivity index (χ4n) is 1.56. The average Bonchev–Trinajstić information content (AvgIpc) is 2.74. The molecule has 0 bridgehead atoms. The van der Waals surface area contributed by atoms with Crippen LogP contribution >= 0.6 is 11.3 Å². The van der Waals surface area contributed by atoms with E-state index in [1.165, 1.54) is 11.3 Å². The van der Waals surface area contributed by atoms with E-state index in [4.69, 9.17) is 5.73 Å². The maximum atomic E-state index is 12.0. The van der Waals surface area contributed by atoms with E-state index in [0.717, 1.165) is 16.0 Å². The fourth-order valence-corrected chi connectivity index (χ4v) is 3.65. The number of rotatable bonds is 5. The van der Waals surface area contributed by atoms with Crippen LogP contribution in [0, 0.1) is 6.92 Å². The summed E-state index contributed by atoms with van der Waals surface area (Å²) in [5, 5.41) is 0.399. The molecule has 2 aromatic rings. The first-order chi connectivity index (χ1) is 8.98. The van der Waals surface area contributed by atoms with E-state index in [2.05, 4.69) is 9.71 Å². The Labute approximate surface area is 116 Å². The number of benzene rings is 1. The molecule has 0 amide bonds. The van der Waals surface area contributed by atoms with Crippen LogP contribution in [0.5, 0.6) is 0 Å². The normalized spacial score (nSPS) is 11.5. The van der Waals surface area contributed by atoms with Crippen LogP contribution in [0.15, 0.2) is 30.5 Å². The molecule has 1 heterocycles. The standard InChI is InChI=1S/C12H15N3O2S2/c1-9-7-14-12(18-9)15-19(16,17)8-11-4-2-10(6-13)3-5-11/h2-5,7H,6,8,13H2,1H3,(H,14,15). The first kappa shape index (κ1) is 14.0. The minimum Gasteiger partial charge on any atom is -0.326 e. The first-order valence-electron chi connectivity index (χ1n) is 5.69. The molecule has 0 spiro atoms. The van der Waals surface area contributed by atoms with Gasteiger partial charge in [0.15, 0.2) is 5.13 Å². The van der Waals surface area contributed by atoms with Crippen molar-refractivity contribution in [2.75, 3.05) is 4.72 Å². The van der Waals surface area contributed by atoms with E-state index in [-0.39, 0.29) is 5.75 Å². The van der Waals surface area contributed by atoms with E-state index in [1.807, 2.05) is 19.1 Å². The average molecular weight is 297 g/mol. The summed E-state index contributed by atoms with van der Waals surface area (Å²) < 4.78 is 26.4. The molecular formula is C12H15N3O2S2. The summed E-state index contributed by atoms with van der Waals surface area (Å²) in [5.74, 6) is -0.0729. The van der Waals surface area contributed by atoms with Crippen LogP contribution in [-0.2, 0) is 22.3 Å². The van der Waals surface area contributed by atoms with Crippen molar-refractivity contribution >= 4 is 26.5 Å². The van der Waals surface area contributed by atoms with Crippen molar-refractivity contribution in [1.29, 1.82) is 0 Å². The second kappa shape index (κ2) is 5.68. The zero-order valence-electron chi connectivity index (χ0n) is 10.5. The summed E-state index contributed by atoms with van der Waals surface area (Å²) in [6.07, 6.45) is 1.64. The van der Waals surface area contributed by atoms with Crippen LogP contribution < -0.4 is 10.5 Å². The number of sulfonamides is 1. The predicted molar refractivity (Wildman–Crippen MR) is 77.4 cm³/mol. The van der Waals surface area contributed by atoms with Gasteiger partial charge in [0.05, 0.1) is 5.75 Å². The molecule has 0 unspecified atom stereocenters. The number of nitrogens with one attached hydrogen (secondary N) is 1. The molecule has 1 aromatic heterocycles. The van der Waals surface area contributed by atoms with Gasteiger partial charge in [-0.3, -0.25) is 4.72 Å². The van der Waals surface area contributed by atoms with Crippen LogP contribution in [0.25, 0.3) is 0 Å². The summed E-state index contributed by atoms with van der Waals surface area (Å²) in [6, 6.07) is 7.21. The number of thiazole rings is 1. The Balaban J connectivity index is 2.07. The van der Waals surface area contributed by atoms with Gasteiger partial charge < -0.3 is 5.73 Å². The monoisotopic (exact) mass is 297 g/mol. The Morgan fingerprint density at radius 1 is 1.26 bits per heavy atom. The van der Waals surface area contributed by atoms with Gasteiger partial charge in [-0.05, 0) is 18.1 Å². The summed E-state index contributed by atoms with van der Waals surface area (Å²) in [4.78, 5) is 4.94. The molecule has 0 aliphatic heterocycles. The van der Waals surface area contributed by atoms with Gasteiger partial charge in [-0.1, -0.05) is 24.3 Å². The lowest BCUT2D eigenvalue weighted by atomic mass is 10.1. The molecule has 19 heavy (non-hydrogen) atoms. The summed E-state index contributed by atoms with van der Waals surface area (Å²) >= 11 is 1.31. The smallest absolute Gasteiger partial charge is 0.238 e. The van der Waals surface area contributed by atoms with E-state index in [1.54, 1.807) is 18.3 Å². The largest absolute Gasteiger partial charge is 0.326 e. The highest BCUT2D eigenvalue weighted by Gasteiger charge is 2.13. The maximum Gasteiger partial charge on any atom is 0.238 e. The van der Waals surface area contributed by atoms with Gasteiger partial charge in [0.25, 0.3) is 0 Å². The van der Waals surface area contributed by atoms with Gasteiger partial charge in [0, 0.05) is 17.6 Å². The van der Waals surface area contributed by atoms with Crippen molar-refractivity contribution < 1.29 is 8.42 Å². The highest BCUT2D eigenvalue weighted by molar-refractivity contribution is 7.92. The Morgan fingerprint density at radius 3 is 2.42 bits per heavy atom. The molecule has 5 nitrogen and oxygen atoms in total. The number of aryl methyl sites for hydroxylation is 1. The molecule has 0 aliphatic carbocycles. The second-order valence-electron chi connectivity index (χ2n) is 4.16. The van der Waals surface area contributed by atoms with E-state index in [0.29, 0.717) is 11.7 Å². The summed E-state index contributed by atoms with van der Waals surface area (Å²) in [7, 11) is -3.43. The topological polar surface area (TPSA) is 85.1 Å². The number of aromatic nitrogens is 1. The third kappa shape index (κ3) is 4.02. The number of anilines is 1. The highest BCUT2D eigenvalue weighted by atomic mass is 32.2. The molecule has 0 aliphatic rings. The molecule has 0 saturated carbocycles. The minimum atomic E-state index is -3.43. The van der Waals surface area contributed by atoms with Gasteiger partial charge in [-0.2, -0.15) is 0 Å². The van der Waals surface area contributed by atoms with Crippen molar-refractivity contribution in [2.45, 2.75) is 19.2 Å². The SMILES string of the molecule is Cc1cnc(NS(=O)(=O)Cc2ccc(CN)cc2)s1. The van der Waals surface area contributed by atoms with Crippen LogP contribution in [0.2, 0.25) is 0 Å². The predicted octanol–water partition coefficient (Wildman–Crippen LogP) is 1.85. The molecule has 0 fully saturated rings. The summed E-state index contributed by atoms with van der Waals surface area (Å²) in [5.41, 5.74) is 7.19. The zero-order chi connectivity index (χ0) is 13.9.